The number of ether oxygens (including phenoxy) is 1. The predicted molar refractivity (Wildman–Crippen MR) is 166 cm³/mol. The normalized spacial score (nSPS) is 33.3. The second-order valence-electron chi connectivity index (χ2n) is 13.0. The van der Waals surface area contributed by atoms with Crippen LogP contribution in [-0.4, -0.2) is 51.0 Å². The van der Waals surface area contributed by atoms with Crippen molar-refractivity contribution >= 4 is 33.2 Å². The van der Waals surface area contributed by atoms with Crippen molar-refractivity contribution in [1.29, 1.82) is 0 Å². The number of nitrogens with zero attached hydrogens (tertiary/aromatic N) is 1. The number of aliphatic hydroxyl groups is 1. The lowest BCUT2D eigenvalue weighted by atomic mass is 9.66. The molecule has 226 valence electrons. The molecule has 2 bridgehead atoms. The van der Waals surface area contributed by atoms with Crippen molar-refractivity contribution in [3.63, 3.8) is 0 Å². The number of anilines is 1. The molecule has 2 aromatic rings. The number of rotatable bonds is 1. The number of nitrogens with one attached hydrogen (secondary N) is 1. The first-order chi connectivity index (χ1) is 20.1. The molecule has 0 aromatic heterocycles. The minimum Gasteiger partial charge on any atom is -0.490 e. The molecule has 2 N–H and O–H groups in total. The molecule has 0 radical (unpaired) electrons. The van der Waals surface area contributed by atoms with Crippen LogP contribution in [0.15, 0.2) is 48.6 Å². The summed E-state index contributed by atoms with van der Waals surface area (Å²) in [6.07, 6.45) is 9.77. The number of allylic oxidation sites excluding steroid dienone is 1. The van der Waals surface area contributed by atoms with E-state index in [0.29, 0.717) is 36.2 Å². The summed E-state index contributed by atoms with van der Waals surface area (Å²) in [6, 6.07) is 11.4. The number of fused-ring (bicyclic) bond motifs is 4. The first kappa shape index (κ1) is 29.5. The van der Waals surface area contributed by atoms with Crippen molar-refractivity contribution < 1.29 is 23.1 Å². The molecular weight excluding hydrogens is 572 g/mol. The highest BCUT2D eigenvalue weighted by molar-refractivity contribution is 7.90. The van der Waals surface area contributed by atoms with Crippen LogP contribution in [0.4, 0.5) is 5.69 Å². The van der Waals surface area contributed by atoms with E-state index in [4.69, 9.17) is 16.3 Å². The van der Waals surface area contributed by atoms with Crippen LogP contribution in [0.5, 0.6) is 5.75 Å². The van der Waals surface area contributed by atoms with Crippen LogP contribution in [-0.2, 0) is 21.9 Å². The van der Waals surface area contributed by atoms with E-state index in [1.165, 1.54) is 11.1 Å². The predicted octanol–water partition coefficient (Wildman–Crippen LogP) is 5.49. The molecule has 4 aliphatic rings. The van der Waals surface area contributed by atoms with E-state index < -0.39 is 21.2 Å². The molecule has 2 aliphatic carbocycles. The van der Waals surface area contributed by atoms with Gasteiger partial charge in [0.05, 0.1) is 17.5 Å². The summed E-state index contributed by atoms with van der Waals surface area (Å²) in [5, 5.41) is 10.3. The highest BCUT2D eigenvalue weighted by Crippen LogP contribution is 2.47. The van der Waals surface area contributed by atoms with Crippen molar-refractivity contribution in [1.82, 2.24) is 4.72 Å². The minimum atomic E-state index is -3.90. The third-order valence-electron chi connectivity index (χ3n) is 10.4. The van der Waals surface area contributed by atoms with Crippen molar-refractivity contribution in [2.24, 2.45) is 23.7 Å². The van der Waals surface area contributed by atoms with Gasteiger partial charge in [-0.25, -0.2) is 13.1 Å². The zero-order valence-corrected chi connectivity index (χ0v) is 26.0. The molecule has 1 fully saturated rings. The van der Waals surface area contributed by atoms with Gasteiger partial charge in [-0.2, -0.15) is 0 Å². The second-order valence-corrected chi connectivity index (χ2v) is 15.4. The van der Waals surface area contributed by atoms with E-state index in [1.807, 2.05) is 19.1 Å². The largest absolute Gasteiger partial charge is 0.490 e. The number of aryl methyl sites for hydroxylation is 1. The third-order valence-corrected chi connectivity index (χ3v) is 12.6. The number of amides is 1. The minimum absolute atomic E-state index is 0.0241. The van der Waals surface area contributed by atoms with Crippen molar-refractivity contribution in [2.75, 3.05) is 31.2 Å². The van der Waals surface area contributed by atoms with Gasteiger partial charge in [0.2, 0.25) is 10.0 Å². The Morgan fingerprint density at radius 2 is 2.00 bits per heavy atom. The van der Waals surface area contributed by atoms with Gasteiger partial charge in [-0.05, 0) is 105 Å². The third kappa shape index (κ3) is 5.46. The molecule has 2 aliphatic heterocycles. The SMILES string of the molecule is C[C@@H]1[C@@H](C)C/C=C/[C@H](CO)[C@@H]2CC[C@H]2CN2C[C@@]3(CCCc4cc(Cl)ccc43)COc3ccc(cc32)C(=O)NS1(=O)=O. The van der Waals surface area contributed by atoms with Crippen molar-refractivity contribution in [3.8, 4) is 5.75 Å². The molecule has 6 rings (SSSR count). The number of benzene rings is 2. The summed E-state index contributed by atoms with van der Waals surface area (Å²) >= 11 is 6.39. The highest BCUT2D eigenvalue weighted by atomic mass is 35.5. The van der Waals surface area contributed by atoms with Crippen LogP contribution in [0.25, 0.3) is 0 Å². The number of hydrogen-bond acceptors (Lipinski definition) is 6. The summed E-state index contributed by atoms with van der Waals surface area (Å²) < 4.78 is 35.3. The molecule has 1 saturated carbocycles. The van der Waals surface area contributed by atoms with Gasteiger partial charge in [-0.1, -0.05) is 36.7 Å². The maximum absolute atomic E-state index is 13.3. The standard InChI is InChI=1S/C33H41ClN2O5S/c1-21-5-3-6-26(18-37)28-11-8-25(28)17-36-19-33(14-4-7-23-15-27(34)10-12-29(23)33)20-41-31-13-9-24(16-30(31)36)32(38)35-42(39,40)22(21)2/h3,6,9-10,12-13,15-16,21-22,25-26,28,37H,4-5,7-8,11,14,17-20H2,1-2H3,(H,35,38)/b6-3+/t21-,22+,25-,26+,28+,33-/m0/s1. The fourth-order valence-electron chi connectivity index (χ4n) is 7.51. The number of halogens is 1. The van der Waals surface area contributed by atoms with E-state index >= 15 is 0 Å². The number of carbonyl (C=O) groups excluding carboxylic acids is 1. The summed E-state index contributed by atoms with van der Waals surface area (Å²) in [5.74, 6) is 0.614. The number of hydrogen-bond donors (Lipinski definition) is 2. The number of aliphatic hydroxyl groups excluding tert-OH is 1. The Kier molecular flexibility index (Phi) is 8.09. The zero-order valence-electron chi connectivity index (χ0n) is 24.4. The van der Waals surface area contributed by atoms with E-state index in [2.05, 4.69) is 27.8 Å². The van der Waals surface area contributed by atoms with Crippen molar-refractivity contribution in [2.45, 2.75) is 63.0 Å². The van der Waals surface area contributed by atoms with Crippen LogP contribution in [0, 0.1) is 23.7 Å². The van der Waals surface area contributed by atoms with Crippen LogP contribution < -0.4 is 14.4 Å². The molecule has 1 spiro atoms. The maximum atomic E-state index is 13.3. The summed E-state index contributed by atoms with van der Waals surface area (Å²) in [7, 11) is -3.90. The Morgan fingerprint density at radius 1 is 1.17 bits per heavy atom. The second kappa shape index (κ2) is 11.5. The molecule has 0 saturated heterocycles. The maximum Gasteiger partial charge on any atom is 0.264 e. The lowest BCUT2D eigenvalue weighted by molar-refractivity contribution is 0.0892. The summed E-state index contributed by atoms with van der Waals surface area (Å²) in [5.41, 5.74) is 3.39. The Hall–Kier alpha value is -2.55. The van der Waals surface area contributed by atoms with E-state index in [0.717, 1.165) is 55.9 Å². The quantitative estimate of drug-likeness (QED) is 0.414. The lowest BCUT2D eigenvalue weighted by Gasteiger charge is -2.46. The highest BCUT2D eigenvalue weighted by Gasteiger charge is 2.44. The molecule has 2 heterocycles. The molecule has 6 atom stereocenters. The van der Waals surface area contributed by atoms with Gasteiger partial charge in [0, 0.05) is 41.6 Å². The van der Waals surface area contributed by atoms with E-state index in [-0.39, 0.29) is 23.9 Å². The molecular formula is C33H41ClN2O5S. The van der Waals surface area contributed by atoms with Gasteiger partial charge in [-0.15, -0.1) is 0 Å². The Labute approximate surface area is 254 Å². The lowest BCUT2D eigenvalue weighted by Crippen LogP contribution is -2.49. The summed E-state index contributed by atoms with van der Waals surface area (Å²) in [6.45, 7) is 5.59. The average molecular weight is 613 g/mol. The molecule has 7 nitrogen and oxygen atoms in total. The van der Waals surface area contributed by atoms with Crippen LogP contribution >= 0.6 is 11.6 Å². The molecule has 42 heavy (non-hydrogen) atoms. The monoisotopic (exact) mass is 612 g/mol. The van der Waals surface area contributed by atoms with Gasteiger partial charge in [0.1, 0.15) is 5.75 Å². The van der Waals surface area contributed by atoms with E-state index in [9.17, 15) is 18.3 Å². The topological polar surface area (TPSA) is 95.9 Å². The Bertz CT molecular complexity index is 1490. The van der Waals surface area contributed by atoms with Gasteiger partial charge in [-0.3, -0.25) is 4.79 Å². The van der Waals surface area contributed by atoms with E-state index in [1.54, 1.807) is 25.1 Å². The molecule has 9 heteroatoms. The van der Waals surface area contributed by atoms with Crippen LogP contribution in [0.2, 0.25) is 5.02 Å². The Morgan fingerprint density at radius 3 is 2.76 bits per heavy atom. The van der Waals surface area contributed by atoms with Crippen molar-refractivity contribution in [3.05, 3.63) is 70.3 Å². The number of carbonyl (C=O) groups is 1. The molecule has 0 unspecified atom stereocenters. The van der Waals surface area contributed by atoms with Gasteiger partial charge in [0.15, 0.2) is 0 Å². The smallest absolute Gasteiger partial charge is 0.264 e. The zero-order chi connectivity index (χ0) is 29.6. The van der Waals surface area contributed by atoms with Crippen LogP contribution in [0.3, 0.4) is 0 Å². The first-order valence-corrected chi connectivity index (χ1v) is 17.2. The molecule has 2 aromatic carbocycles. The fraction of sp³-hybridized carbons (Fsp3) is 0.545. The first-order valence-electron chi connectivity index (χ1n) is 15.2. The van der Waals surface area contributed by atoms with Gasteiger partial charge < -0.3 is 14.7 Å². The number of sulfonamides is 1. The molecule has 1 amide bonds. The van der Waals surface area contributed by atoms with Crippen LogP contribution in [0.1, 0.15) is 67.4 Å². The average Bonchev–Trinajstić information content (AvgIpc) is 3.10. The fourth-order valence-corrected chi connectivity index (χ4v) is 8.99. The van der Waals surface area contributed by atoms with Gasteiger partial charge >= 0.3 is 0 Å². The summed E-state index contributed by atoms with van der Waals surface area (Å²) in [4.78, 5) is 15.7. The van der Waals surface area contributed by atoms with Gasteiger partial charge in [0.25, 0.3) is 5.91 Å². The Balaban J connectivity index is 1.43.